The summed E-state index contributed by atoms with van der Waals surface area (Å²) in [5.41, 5.74) is 0.785. The van der Waals surface area contributed by atoms with Crippen LogP contribution in [0.1, 0.15) is 21.9 Å². The number of nitrogens with one attached hydrogen (secondary N) is 1. The maximum atomic E-state index is 12.2. The third-order valence-electron chi connectivity index (χ3n) is 2.87. The summed E-state index contributed by atoms with van der Waals surface area (Å²) >= 11 is 0. The van der Waals surface area contributed by atoms with Gasteiger partial charge in [-0.25, -0.2) is 4.98 Å². The van der Waals surface area contributed by atoms with E-state index in [1.165, 1.54) is 11.0 Å². The van der Waals surface area contributed by atoms with Gasteiger partial charge in [-0.3, -0.25) is 9.59 Å². The van der Waals surface area contributed by atoms with Crippen molar-refractivity contribution < 1.29 is 4.79 Å². The highest BCUT2D eigenvalue weighted by atomic mass is 16.2. The highest BCUT2D eigenvalue weighted by molar-refractivity contribution is 5.93. The zero-order valence-electron chi connectivity index (χ0n) is 11.2. The van der Waals surface area contributed by atoms with E-state index in [2.05, 4.69) is 9.97 Å². The first-order valence-electron chi connectivity index (χ1n) is 5.90. The summed E-state index contributed by atoms with van der Waals surface area (Å²) < 4.78 is 1.85. The molecular formula is C13H16N4O2. The molecule has 0 spiro atoms. The van der Waals surface area contributed by atoms with Crippen LogP contribution in [0.2, 0.25) is 0 Å². The monoisotopic (exact) mass is 260 g/mol. The number of nitrogens with zero attached hydrogens (tertiary/aromatic N) is 3. The number of rotatable bonds is 3. The number of imidazole rings is 1. The number of carbonyl (C=O) groups is 1. The van der Waals surface area contributed by atoms with Gasteiger partial charge in [-0.1, -0.05) is 0 Å². The van der Waals surface area contributed by atoms with Gasteiger partial charge in [0.05, 0.1) is 6.54 Å². The third-order valence-corrected chi connectivity index (χ3v) is 2.87. The van der Waals surface area contributed by atoms with Crippen LogP contribution in [0.3, 0.4) is 0 Å². The van der Waals surface area contributed by atoms with Crippen molar-refractivity contribution in [3.8, 4) is 0 Å². The van der Waals surface area contributed by atoms with E-state index >= 15 is 0 Å². The fourth-order valence-corrected chi connectivity index (χ4v) is 1.86. The Balaban J connectivity index is 2.19. The second-order valence-corrected chi connectivity index (χ2v) is 4.53. The number of H-pyrrole nitrogens is 1. The predicted molar refractivity (Wildman–Crippen MR) is 70.8 cm³/mol. The van der Waals surface area contributed by atoms with E-state index in [0.717, 1.165) is 5.82 Å². The molecule has 100 valence electrons. The number of aromatic nitrogens is 3. The highest BCUT2D eigenvalue weighted by Crippen LogP contribution is 2.06. The average Bonchev–Trinajstić information content (AvgIpc) is 2.72. The van der Waals surface area contributed by atoms with E-state index in [0.29, 0.717) is 17.8 Å². The van der Waals surface area contributed by atoms with Gasteiger partial charge in [0, 0.05) is 43.8 Å². The lowest BCUT2D eigenvalue weighted by Crippen LogP contribution is -2.28. The lowest BCUT2D eigenvalue weighted by atomic mass is 10.2. The minimum atomic E-state index is -0.270. The Morgan fingerprint density at radius 2 is 2.21 bits per heavy atom. The maximum absolute atomic E-state index is 12.2. The Bertz CT molecular complexity index is 657. The molecule has 2 rings (SSSR count). The maximum Gasteiger partial charge on any atom is 0.254 e. The van der Waals surface area contributed by atoms with E-state index in [1.807, 2.05) is 17.8 Å². The molecule has 6 nitrogen and oxygen atoms in total. The molecule has 0 saturated heterocycles. The Hall–Kier alpha value is -2.37. The molecular weight excluding hydrogens is 244 g/mol. The smallest absolute Gasteiger partial charge is 0.254 e. The van der Waals surface area contributed by atoms with E-state index in [1.54, 1.807) is 26.2 Å². The molecule has 0 unspecified atom stereocenters. The van der Waals surface area contributed by atoms with Gasteiger partial charge in [-0.15, -0.1) is 0 Å². The molecule has 0 aromatic carbocycles. The molecule has 2 heterocycles. The Kier molecular flexibility index (Phi) is 3.50. The topological polar surface area (TPSA) is 71.0 Å². The van der Waals surface area contributed by atoms with E-state index < -0.39 is 0 Å². The van der Waals surface area contributed by atoms with Gasteiger partial charge in [0.15, 0.2) is 0 Å². The van der Waals surface area contributed by atoms with Crippen molar-refractivity contribution >= 4 is 5.91 Å². The van der Waals surface area contributed by atoms with E-state index in [4.69, 9.17) is 0 Å². The van der Waals surface area contributed by atoms with Crippen molar-refractivity contribution in [2.45, 2.75) is 13.5 Å². The lowest BCUT2D eigenvalue weighted by molar-refractivity contribution is 0.0780. The number of aromatic amines is 1. The summed E-state index contributed by atoms with van der Waals surface area (Å²) in [7, 11) is 3.56. The molecule has 19 heavy (non-hydrogen) atoms. The first-order chi connectivity index (χ1) is 8.97. The molecule has 0 atom stereocenters. The minimum Gasteiger partial charge on any atom is -0.337 e. The fraction of sp³-hybridized carbons (Fsp3) is 0.308. The van der Waals surface area contributed by atoms with Crippen LogP contribution in [0.15, 0.2) is 29.3 Å². The summed E-state index contributed by atoms with van der Waals surface area (Å²) in [6.07, 6.45) is 3.51. The van der Waals surface area contributed by atoms with Crippen molar-refractivity contribution in [1.82, 2.24) is 19.4 Å². The standard InChI is InChI=1S/C13H16N4O2/c1-9-6-10(7-12(18)15-9)13(19)17(3)8-11-14-4-5-16(11)2/h4-7H,8H2,1-3H3,(H,15,18). The normalized spacial score (nSPS) is 10.5. The SMILES string of the molecule is Cc1cc(C(=O)N(C)Cc2nccn2C)cc(=O)[nH]1. The van der Waals surface area contributed by atoms with Crippen LogP contribution in [0.4, 0.5) is 0 Å². The second-order valence-electron chi connectivity index (χ2n) is 4.53. The van der Waals surface area contributed by atoms with Crippen LogP contribution in [0, 0.1) is 6.92 Å². The number of pyridine rings is 1. The van der Waals surface area contributed by atoms with Gasteiger partial charge in [-0.05, 0) is 13.0 Å². The van der Waals surface area contributed by atoms with E-state index in [9.17, 15) is 9.59 Å². The summed E-state index contributed by atoms with van der Waals surface area (Å²) in [6, 6.07) is 2.98. The molecule has 0 aliphatic heterocycles. The average molecular weight is 260 g/mol. The van der Waals surface area contributed by atoms with Crippen LogP contribution in [-0.4, -0.2) is 32.4 Å². The number of aryl methyl sites for hydroxylation is 2. The molecule has 0 aliphatic rings. The molecule has 0 bridgehead atoms. The third kappa shape index (κ3) is 2.90. The van der Waals surface area contributed by atoms with Gasteiger partial charge in [0.2, 0.25) is 5.56 Å². The van der Waals surface area contributed by atoms with Crippen LogP contribution in [0.25, 0.3) is 0 Å². The quantitative estimate of drug-likeness (QED) is 0.882. The Labute approximate surface area is 110 Å². The summed E-state index contributed by atoms with van der Waals surface area (Å²) in [4.78, 5) is 31.9. The zero-order chi connectivity index (χ0) is 14.0. The van der Waals surface area contributed by atoms with Gasteiger partial charge in [0.25, 0.3) is 5.91 Å². The molecule has 0 saturated carbocycles. The molecule has 0 aliphatic carbocycles. The summed E-state index contributed by atoms with van der Waals surface area (Å²) in [5, 5.41) is 0. The first-order valence-corrected chi connectivity index (χ1v) is 5.90. The van der Waals surface area contributed by atoms with Crippen LogP contribution >= 0.6 is 0 Å². The molecule has 1 N–H and O–H groups in total. The lowest BCUT2D eigenvalue weighted by Gasteiger charge is -2.17. The minimum absolute atomic E-state index is 0.197. The Morgan fingerprint density at radius 3 is 2.79 bits per heavy atom. The van der Waals surface area contributed by atoms with Gasteiger partial charge >= 0.3 is 0 Å². The van der Waals surface area contributed by atoms with Crippen LogP contribution < -0.4 is 5.56 Å². The van der Waals surface area contributed by atoms with Gasteiger partial charge in [-0.2, -0.15) is 0 Å². The van der Waals surface area contributed by atoms with Crippen molar-refractivity contribution in [3.63, 3.8) is 0 Å². The first kappa shape index (κ1) is 13.1. The largest absolute Gasteiger partial charge is 0.337 e. The fourth-order valence-electron chi connectivity index (χ4n) is 1.86. The van der Waals surface area contributed by atoms with Crippen LogP contribution in [-0.2, 0) is 13.6 Å². The summed E-state index contributed by atoms with van der Waals surface area (Å²) in [6.45, 7) is 2.14. The van der Waals surface area contributed by atoms with Gasteiger partial charge in [0.1, 0.15) is 5.82 Å². The molecule has 1 amide bonds. The second kappa shape index (κ2) is 5.09. The van der Waals surface area contributed by atoms with Crippen molar-refractivity contribution in [1.29, 1.82) is 0 Å². The molecule has 2 aromatic rings. The number of hydrogen-bond acceptors (Lipinski definition) is 3. The number of carbonyl (C=O) groups excluding carboxylic acids is 1. The van der Waals surface area contributed by atoms with Crippen molar-refractivity contribution in [3.05, 3.63) is 52.0 Å². The van der Waals surface area contributed by atoms with E-state index in [-0.39, 0.29) is 11.5 Å². The Morgan fingerprint density at radius 1 is 1.47 bits per heavy atom. The van der Waals surface area contributed by atoms with Crippen LogP contribution in [0.5, 0.6) is 0 Å². The number of hydrogen-bond donors (Lipinski definition) is 1. The van der Waals surface area contributed by atoms with Gasteiger partial charge < -0.3 is 14.5 Å². The molecule has 2 aromatic heterocycles. The molecule has 0 radical (unpaired) electrons. The molecule has 0 fully saturated rings. The summed E-state index contributed by atoms with van der Waals surface area (Å²) in [5.74, 6) is 0.592. The van der Waals surface area contributed by atoms with Crippen molar-refractivity contribution in [2.24, 2.45) is 7.05 Å². The zero-order valence-corrected chi connectivity index (χ0v) is 11.2. The highest BCUT2D eigenvalue weighted by Gasteiger charge is 2.14. The number of amides is 1. The molecule has 6 heteroatoms. The predicted octanol–water partition coefficient (Wildman–Crippen LogP) is 0.689. The van der Waals surface area contributed by atoms with Crippen molar-refractivity contribution in [2.75, 3.05) is 7.05 Å².